The van der Waals surface area contributed by atoms with E-state index < -0.39 is 5.97 Å². The summed E-state index contributed by atoms with van der Waals surface area (Å²) in [5.74, 6) is -1.04. The normalized spacial score (nSPS) is 17.6. The molecule has 1 aliphatic rings. The minimum absolute atomic E-state index is 0.0591. The number of carbonyl (C=O) groups excluding carboxylic acids is 1. The minimum Gasteiger partial charge on any atom is -0.477 e. The van der Waals surface area contributed by atoms with E-state index in [9.17, 15) is 9.59 Å². The van der Waals surface area contributed by atoms with Crippen molar-refractivity contribution in [2.75, 3.05) is 6.54 Å². The average molecular weight is 321 g/mol. The van der Waals surface area contributed by atoms with Gasteiger partial charge in [-0.15, -0.1) is 22.7 Å². The lowest BCUT2D eigenvalue weighted by Crippen LogP contribution is -2.38. The van der Waals surface area contributed by atoms with Crippen molar-refractivity contribution in [3.05, 3.63) is 43.8 Å². The molecule has 0 aromatic carbocycles. The van der Waals surface area contributed by atoms with E-state index in [4.69, 9.17) is 5.11 Å². The average Bonchev–Trinajstić information content (AvgIpc) is 3.13. The van der Waals surface area contributed by atoms with E-state index in [2.05, 4.69) is 18.4 Å². The molecule has 4 nitrogen and oxygen atoms in total. The summed E-state index contributed by atoms with van der Waals surface area (Å²) >= 11 is 2.80. The number of nitrogens with zero attached hydrogens (tertiary/aromatic N) is 1. The van der Waals surface area contributed by atoms with Gasteiger partial charge in [-0.05, 0) is 42.0 Å². The highest BCUT2D eigenvalue weighted by Crippen LogP contribution is 2.36. The van der Waals surface area contributed by atoms with Crippen LogP contribution in [-0.2, 0) is 6.42 Å². The third kappa shape index (κ3) is 2.49. The molecular formula is C15H15NO3S2. The third-order valence-corrected chi connectivity index (χ3v) is 5.83. The van der Waals surface area contributed by atoms with Gasteiger partial charge in [-0.3, -0.25) is 4.79 Å². The van der Waals surface area contributed by atoms with Gasteiger partial charge in [0.1, 0.15) is 4.88 Å². The number of hydrogen-bond acceptors (Lipinski definition) is 4. The van der Waals surface area contributed by atoms with E-state index in [1.165, 1.54) is 16.5 Å². The Morgan fingerprint density at radius 1 is 1.33 bits per heavy atom. The Labute approximate surface area is 130 Å². The quantitative estimate of drug-likeness (QED) is 0.938. The smallest absolute Gasteiger partial charge is 0.345 e. The summed E-state index contributed by atoms with van der Waals surface area (Å²) in [6, 6.07) is 5.32. The van der Waals surface area contributed by atoms with E-state index in [0.717, 1.165) is 24.2 Å². The van der Waals surface area contributed by atoms with Gasteiger partial charge in [0, 0.05) is 11.4 Å². The van der Waals surface area contributed by atoms with Crippen molar-refractivity contribution in [1.82, 2.24) is 4.90 Å². The van der Waals surface area contributed by atoms with Crippen LogP contribution >= 0.6 is 22.7 Å². The van der Waals surface area contributed by atoms with Crippen molar-refractivity contribution in [1.29, 1.82) is 0 Å². The molecule has 2 aromatic rings. The summed E-state index contributed by atoms with van der Waals surface area (Å²) in [7, 11) is 0. The van der Waals surface area contributed by atoms with Crippen LogP contribution < -0.4 is 0 Å². The van der Waals surface area contributed by atoms with Crippen molar-refractivity contribution in [3.8, 4) is 0 Å². The molecule has 0 radical (unpaired) electrons. The van der Waals surface area contributed by atoms with Crippen LogP contribution in [0.5, 0.6) is 0 Å². The van der Waals surface area contributed by atoms with Crippen molar-refractivity contribution >= 4 is 34.6 Å². The highest BCUT2D eigenvalue weighted by atomic mass is 32.1. The zero-order chi connectivity index (χ0) is 15.0. The molecule has 0 bridgehead atoms. The molecule has 2 aromatic heterocycles. The molecule has 110 valence electrons. The zero-order valence-corrected chi connectivity index (χ0v) is 13.2. The first-order valence-corrected chi connectivity index (χ1v) is 8.51. The predicted molar refractivity (Wildman–Crippen MR) is 83.4 cm³/mol. The second-order valence-electron chi connectivity index (χ2n) is 4.94. The van der Waals surface area contributed by atoms with Crippen LogP contribution in [-0.4, -0.2) is 28.4 Å². The molecule has 3 heterocycles. The maximum atomic E-state index is 12.7. The molecule has 3 rings (SSSR count). The summed E-state index contributed by atoms with van der Waals surface area (Å²) in [5, 5.41) is 11.1. The largest absolute Gasteiger partial charge is 0.477 e. The van der Waals surface area contributed by atoms with Crippen LogP contribution in [0.3, 0.4) is 0 Å². The topological polar surface area (TPSA) is 57.6 Å². The number of hydrogen-bond donors (Lipinski definition) is 1. The second-order valence-corrected chi connectivity index (χ2v) is 7.03. The highest BCUT2D eigenvalue weighted by molar-refractivity contribution is 7.15. The summed E-state index contributed by atoms with van der Waals surface area (Å²) in [4.78, 5) is 27.6. The van der Waals surface area contributed by atoms with Crippen molar-refractivity contribution in [3.63, 3.8) is 0 Å². The number of thiophene rings is 2. The molecular weight excluding hydrogens is 306 g/mol. The summed E-state index contributed by atoms with van der Waals surface area (Å²) < 4.78 is 0. The van der Waals surface area contributed by atoms with Crippen LogP contribution in [0, 0.1) is 0 Å². The van der Waals surface area contributed by atoms with Gasteiger partial charge < -0.3 is 10.0 Å². The zero-order valence-electron chi connectivity index (χ0n) is 11.5. The number of carbonyl (C=O) groups is 2. The summed E-state index contributed by atoms with van der Waals surface area (Å²) in [5.41, 5.74) is 1.25. The number of carboxylic acid groups (broad SMARTS) is 1. The molecule has 6 heteroatoms. The van der Waals surface area contributed by atoms with E-state index in [1.54, 1.807) is 17.4 Å². The molecule has 0 aliphatic carbocycles. The second kappa shape index (κ2) is 5.61. The lowest BCUT2D eigenvalue weighted by atomic mass is 9.97. The van der Waals surface area contributed by atoms with Crippen LogP contribution in [0.2, 0.25) is 0 Å². The van der Waals surface area contributed by atoms with Gasteiger partial charge in [0.25, 0.3) is 5.91 Å². The van der Waals surface area contributed by atoms with Crippen molar-refractivity contribution in [2.24, 2.45) is 0 Å². The van der Waals surface area contributed by atoms with Crippen LogP contribution in [0.4, 0.5) is 0 Å². The van der Waals surface area contributed by atoms with Gasteiger partial charge >= 0.3 is 5.97 Å². The molecule has 1 N–H and O–H groups in total. The first-order chi connectivity index (χ1) is 10.1. The molecule has 1 atom stereocenters. The minimum atomic E-state index is -0.982. The first kappa shape index (κ1) is 14.3. The third-order valence-electron chi connectivity index (χ3n) is 3.77. The van der Waals surface area contributed by atoms with Crippen LogP contribution in [0.15, 0.2) is 23.6 Å². The monoisotopic (exact) mass is 321 g/mol. The van der Waals surface area contributed by atoms with E-state index in [0.29, 0.717) is 11.4 Å². The molecule has 1 unspecified atom stereocenters. The lowest BCUT2D eigenvalue weighted by molar-refractivity contribution is 0.0661. The maximum absolute atomic E-state index is 12.7. The summed E-state index contributed by atoms with van der Waals surface area (Å²) in [6.07, 6.45) is 1.75. The van der Waals surface area contributed by atoms with E-state index in [1.807, 2.05) is 4.90 Å². The fourth-order valence-electron chi connectivity index (χ4n) is 2.79. The van der Waals surface area contributed by atoms with Gasteiger partial charge in [0.05, 0.1) is 10.9 Å². The Kier molecular flexibility index (Phi) is 3.82. The molecule has 21 heavy (non-hydrogen) atoms. The fourth-order valence-corrected chi connectivity index (χ4v) is 4.52. The van der Waals surface area contributed by atoms with Gasteiger partial charge in [0.15, 0.2) is 0 Å². The molecule has 0 saturated carbocycles. The Morgan fingerprint density at radius 2 is 2.10 bits per heavy atom. The Hall–Kier alpha value is -1.66. The van der Waals surface area contributed by atoms with Gasteiger partial charge in [-0.2, -0.15) is 0 Å². The fraction of sp³-hybridized carbons (Fsp3) is 0.333. The SMILES string of the molecule is CCC1c2ccsc2CCN1C(=O)c1ccc(C(=O)O)s1. The van der Waals surface area contributed by atoms with E-state index in [-0.39, 0.29) is 16.8 Å². The number of carboxylic acids is 1. The van der Waals surface area contributed by atoms with Crippen LogP contribution in [0.25, 0.3) is 0 Å². The van der Waals surface area contributed by atoms with Crippen molar-refractivity contribution in [2.45, 2.75) is 25.8 Å². The molecule has 1 aliphatic heterocycles. The Morgan fingerprint density at radius 3 is 2.76 bits per heavy atom. The van der Waals surface area contributed by atoms with E-state index >= 15 is 0 Å². The maximum Gasteiger partial charge on any atom is 0.345 e. The standard InChI is InChI=1S/C15H15NO3S2/c1-2-10-9-6-8-20-11(9)5-7-16(10)14(17)12-3-4-13(21-12)15(18)19/h3-4,6,8,10H,2,5,7H2,1H3,(H,18,19). The summed E-state index contributed by atoms with van der Waals surface area (Å²) in [6.45, 7) is 2.78. The van der Waals surface area contributed by atoms with Crippen LogP contribution in [0.1, 0.15) is 49.2 Å². The predicted octanol–water partition coefficient (Wildman–Crippen LogP) is 3.66. The molecule has 0 fully saturated rings. The number of rotatable bonds is 3. The first-order valence-electron chi connectivity index (χ1n) is 6.82. The highest BCUT2D eigenvalue weighted by Gasteiger charge is 2.31. The molecule has 1 amide bonds. The van der Waals surface area contributed by atoms with Gasteiger partial charge in [-0.1, -0.05) is 6.92 Å². The Balaban J connectivity index is 1.89. The number of fused-ring (bicyclic) bond motifs is 1. The van der Waals surface area contributed by atoms with Gasteiger partial charge in [-0.25, -0.2) is 4.79 Å². The lowest BCUT2D eigenvalue weighted by Gasteiger charge is -2.35. The van der Waals surface area contributed by atoms with Crippen molar-refractivity contribution < 1.29 is 14.7 Å². The Bertz CT molecular complexity index is 689. The molecule has 0 saturated heterocycles. The number of aromatic carboxylic acids is 1. The molecule has 0 spiro atoms. The number of amides is 1. The van der Waals surface area contributed by atoms with Gasteiger partial charge in [0.2, 0.25) is 0 Å².